The van der Waals surface area contributed by atoms with Gasteiger partial charge in [0.25, 0.3) is 10.0 Å². The number of esters is 1. The molecule has 0 saturated heterocycles. The number of rotatable bonds is 6. The van der Waals surface area contributed by atoms with Gasteiger partial charge < -0.3 is 9.30 Å². The van der Waals surface area contributed by atoms with E-state index in [2.05, 4.69) is 30.4 Å². The number of ether oxygens (including phenoxy) is 1. The van der Waals surface area contributed by atoms with Crippen molar-refractivity contribution in [1.82, 2.24) is 9.55 Å². The highest BCUT2D eigenvalue weighted by Crippen LogP contribution is 2.28. The smallest absolute Gasteiger partial charge is 0.340 e. The number of nitrogens with one attached hydrogen (secondary N) is 1. The number of halogens is 2. The monoisotopic (exact) mass is 419 g/mol. The normalized spacial score (nSPS) is 11.3. The fourth-order valence-corrected chi connectivity index (χ4v) is 3.52. The minimum Gasteiger partial charge on any atom is -0.465 e. The maximum atomic E-state index is 13.8. The number of sulfonamides is 1. The highest BCUT2D eigenvalue weighted by Gasteiger charge is 2.22. The molecule has 10 heteroatoms. The summed E-state index contributed by atoms with van der Waals surface area (Å²) < 4.78 is 47.1. The van der Waals surface area contributed by atoms with Crippen LogP contribution in [0.2, 0.25) is 0 Å². The number of imidazole rings is 1. The van der Waals surface area contributed by atoms with E-state index >= 15 is 0 Å². The molecule has 130 valence electrons. The molecule has 7 nitrogen and oxygen atoms in total. The van der Waals surface area contributed by atoms with E-state index in [1.807, 2.05) is 6.92 Å². The van der Waals surface area contributed by atoms with Crippen molar-refractivity contribution >= 4 is 37.6 Å². The predicted octanol–water partition coefficient (Wildman–Crippen LogP) is 2.78. The predicted molar refractivity (Wildman–Crippen MR) is 88.8 cm³/mol. The first kappa shape index (κ1) is 18.4. The van der Waals surface area contributed by atoms with Gasteiger partial charge in [-0.25, -0.2) is 14.2 Å². The summed E-state index contributed by atoms with van der Waals surface area (Å²) in [5, 5.41) is -0.174. The van der Waals surface area contributed by atoms with E-state index in [1.54, 1.807) is 4.57 Å². The van der Waals surface area contributed by atoms with Gasteiger partial charge in [0.2, 0.25) is 0 Å². The van der Waals surface area contributed by atoms with E-state index in [1.165, 1.54) is 12.5 Å². The van der Waals surface area contributed by atoms with Crippen molar-refractivity contribution in [1.29, 1.82) is 0 Å². The van der Waals surface area contributed by atoms with E-state index in [0.29, 0.717) is 6.54 Å². The van der Waals surface area contributed by atoms with Crippen LogP contribution in [0.4, 0.5) is 10.1 Å². The van der Waals surface area contributed by atoms with Crippen LogP contribution < -0.4 is 4.72 Å². The Morgan fingerprint density at radius 1 is 1.46 bits per heavy atom. The van der Waals surface area contributed by atoms with Crippen LogP contribution in [0.15, 0.2) is 34.2 Å². The Hall–Kier alpha value is -1.94. The molecule has 0 saturated carbocycles. The number of benzene rings is 1. The van der Waals surface area contributed by atoms with Crippen molar-refractivity contribution in [2.45, 2.75) is 24.9 Å². The van der Waals surface area contributed by atoms with Gasteiger partial charge in [-0.3, -0.25) is 4.72 Å². The maximum absolute atomic E-state index is 13.8. The third-order valence-corrected chi connectivity index (χ3v) is 4.98. The van der Waals surface area contributed by atoms with Gasteiger partial charge in [-0.2, -0.15) is 8.42 Å². The number of hydrogen-bond acceptors (Lipinski definition) is 5. The summed E-state index contributed by atoms with van der Waals surface area (Å²) in [5.74, 6) is -1.74. The van der Waals surface area contributed by atoms with Gasteiger partial charge in [-0.1, -0.05) is 6.92 Å². The molecule has 0 bridgehead atoms. The molecule has 1 heterocycles. The SMILES string of the molecule is CCCn1cnc(S(=O)(=O)Nc2cc(C(=O)OC)c(F)cc2Br)c1. The van der Waals surface area contributed by atoms with Crippen LogP contribution in [0.3, 0.4) is 0 Å². The molecule has 1 aromatic heterocycles. The highest BCUT2D eigenvalue weighted by atomic mass is 79.9. The van der Waals surface area contributed by atoms with E-state index in [4.69, 9.17) is 0 Å². The molecule has 1 aromatic carbocycles. The Kier molecular flexibility index (Phi) is 5.60. The standard InChI is InChI=1S/C14H15BrFN3O4S/c1-3-4-19-7-13(17-8-19)24(21,22)18-12-5-9(14(20)23-2)11(16)6-10(12)15/h5-8,18H,3-4H2,1-2H3. The van der Waals surface area contributed by atoms with E-state index in [9.17, 15) is 17.6 Å². The van der Waals surface area contributed by atoms with Crippen molar-refractivity contribution in [3.63, 3.8) is 0 Å². The lowest BCUT2D eigenvalue weighted by molar-refractivity contribution is 0.0595. The quantitative estimate of drug-likeness (QED) is 0.726. The summed E-state index contributed by atoms with van der Waals surface area (Å²) in [4.78, 5) is 15.4. The van der Waals surface area contributed by atoms with Crippen LogP contribution in [0.1, 0.15) is 23.7 Å². The van der Waals surface area contributed by atoms with E-state index in [-0.39, 0.29) is 20.7 Å². The lowest BCUT2D eigenvalue weighted by Gasteiger charge is -2.10. The molecule has 0 aliphatic heterocycles. The maximum Gasteiger partial charge on any atom is 0.340 e. The average Bonchev–Trinajstić information content (AvgIpc) is 2.99. The third-order valence-electron chi connectivity index (χ3n) is 3.07. The molecule has 0 fully saturated rings. The zero-order valence-electron chi connectivity index (χ0n) is 12.9. The molecule has 24 heavy (non-hydrogen) atoms. The molecule has 0 aliphatic carbocycles. The zero-order chi connectivity index (χ0) is 17.9. The fourth-order valence-electron chi connectivity index (χ4n) is 1.95. The van der Waals surface area contributed by atoms with Crippen LogP contribution >= 0.6 is 15.9 Å². The summed E-state index contributed by atoms with van der Waals surface area (Å²) >= 11 is 3.06. The Morgan fingerprint density at radius 3 is 2.79 bits per heavy atom. The molecule has 2 rings (SSSR count). The Bertz CT molecular complexity index is 867. The van der Waals surface area contributed by atoms with Gasteiger partial charge in [-0.15, -0.1) is 0 Å². The van der Waals surface area contributed by atoms with Crippen molar-refractivity contribution in [3.8, 4) is 0 Å². The summed E-state index contributed by atoms with van der Waals surface area (Å²) in [5.41, 5.74) is -0.378. The third kappa shape index (κ3) is 3.93. The lowest BCUT2D eigenvalue weighted by atomic mass is 10.2. The molecular formula is C14H15BrFN3O4S. The number of methoxy groups -OCH3 is 1. The van der Waals surface area contributed by atoms with Crippen molar-refractivity contribution < 1.29 is 22.3 Å². The molecule has 1 N–H and O–H groups in total. The second kappa shape index (κ2) is 7.31. The van der Waals surface area contributed by atoms with Crippen LogP contribution in [0.25, 0.3) is 0 Å². The molecular weight excluding hydrogens is 405 g/mol. The summed E-state index contributed by atoms with van der Waals surface area (Å²) in [6.45, 7) is 2.59. The summed E-state index contributed by atoms with van der Waals surface area (Å²) in [7, 11) is -2.88. The van der Waals surface area contributed by atoms with Crippen molar-refractivity contribution in [2.24, 2.45) is 0 Å². The molecule has 0 unspecified atom stereocenters. The summed E-state index contributed by atoms with van der Waals surface area (Å²) in [6, 6.07) is 2.05. The molecule has 0 atom stereocenters. The topological polar surface area (TPSA) is 90.3 Å². The number of carbonyl (C=O) groups excluding carboxylic acids is 1. The second-order valence-electron chi connectivity index (χ2n) is 4.86. The van der Waals surface area contributed by atoms with Crippen LogP contribution in [-0.2, 0) is 21.3 Å². The highest BCUT2D eigenvalue weighted by molar-refractivity contribution is 9.10. The van der Waals surface area contributed by atoms with Gasteiger partial charge >= 0.3 is 5.97 Å². The Balaban J connectivity index is 2.36. The first-order valence-electron chi connectivity index (χ1n) is 6.90. The minimum atomic E-state index is -3.98. The van der Waals surface area contributed by atoms with Crippen molar-refractivity contribution in [2.75, 3.05) is 11.8 Å². The van der Waals surface area contributed by atoms with Crippen molar-refractivity contribution in [3.05, 3.63) is 40.5 Å². The van der Waals surface area contributed by atoms with Crippen LogP contribution in [0, 0.1) is 5.82 Å². The van der Waals surface area contributed by atoms with E-state index < -0.39 is 21.8 Å². The number of nitrogens with zero attached hydrogens (tertiary/aromatic N) is 2. The minimum absolute atomic E-state index is 0.00171. The van der Waals surface area contributed by atoms with Gasteiger partial charge in [-0.05, 0) is 34.5 Å². The first-order valence-corrected chi connectivity index (χ1v) is 9.18. The van der Waals surface area contributed by atoms with Gasteiger partial charge in [0.1, 0.15) is 5.82 Å². The zero-order valence-corrected chi connectivity index (χ0v) is 15.3. The van der Waals surface area contributed by atoms with Gasteiger partial charge in [0.05, 0.1) is 24.7 Å². The van der Waals surface area contributed by atoms with Gasteiger partial charge in [0.15, 0.2) is 5.03 Å². The Morgan fingerprint density at radius 2 is 2.17 bits per heavy atom. The molecule has 0 radical (unpaired) electrons. The summed E-state index contributed by atoms with van der Waals surface area (Å²) in [6.07, 6.45) is 3.64. The lowest BCUT2D eigenvalue weighted by Crippen LogP contribution is -2.15. The van der Waals surface area contributed by atoms with Gasteiger partial charge in [0, 0.05) is 17.2 Å². The molecule has 0 aliphatic rings. The number of aromatic nitrogens is 2. The van der Waals surface area contributed by atoms with Crippen LogP contribution in [-0.4, -0.2) is 31.0 Å². The number of carbonyl (C=O) groups is 1. The fraction of sp³-hybridized carbons (Fsp3) is 0.286. The second-order valence-corrected chi connectivity index (χ2v) is 7.34. The molecule has 0 spiro atoms. The number of aryl methyl sites for hydroxylation is 1. The average molecular weight is 420 g/mol. The largest absolute Gasteiger partial charge is 0.465 e. The number of anilines is 1. The Labute approximate surface area is 147 Å². The molecule has 0 amide bonds. The number of hydrogen-bond donors (Lipinski definition) is 1. The molecule has 2 aromatic rings. The van der Waals surface area contributed by atoms with E-state index in [0.717, 1.165) is 25.7 Å². The first-order chi connectivity index (χ1) is 11.3. The van der Waals surface area contributed by atoms with Crippen LogP contribution in [0.5, 0.6) is 0 Å².